The number of carboxylic acid groups (broad SMARTS) is 1. The molecule has 1 aliphatic carbocycles. The van der Waals surface area contributed by atoms with E-state index in [1.54, 1.807) is 13.0 Å². The second-order valence-corrected chi connectivity index (χ2v) is 5.59. The summed E-state index contributed by atoms with van der Waals surface area (Å²) >= 11 is 0. The minimum Gasteiger partial charge on any atom is -0.478 e. The lowest BCUT2D eigenvalue weighted by atomic mass is 9.84. The van der Waals surface area contributed by atoms with Gasteiger partial charge in [-0.2, -0.15) is 0 Å². The maximum Gasteiger partial charge on any atom is 0.336 e. The Hall–Kier alpha value is -1.97. The van der Waals surface area contributed by atoms with Crippen molar-refractivity contribution in [2.75, 3.05) is 0 Å². The molecule has 1 unspecified atom stereocenters. The van der Waals surface area contributed by atoms with Crippen LogP contribution in [-0.2, 0) is 6.42 Å². The fourth-order valence-electron chi connectivity index (χ4n) is 3.14. The van der Waals surface area contributed by atoms with E-state index in [0.29, 0.717) is 17.4 Å². The summed E-state index contributed by atoms with van der Waals surface area (Å²) in [6, 6.07) is 3.12. The Labute approximate surface area is 116 Å². The predicted octanol–water partition coefficient (Wildman–Crippen LogP) is 3.82. The molecule has 1 N–H and O–H groups in total. The van der Waals surface area contributed by atoms with Crippen molar-refractivity contribution in [2.45, 2.75) is 39.0 Å². The van der Waals surface area contributed by atoms with Crippen LogP contribution < -0.4 is 0 Å². The van der Waals surface area contributed by atoms with Crippen LogP contribution in [0.4, 0.5) is 4.39 Å². The second-order valence-electron chi connectivity index (χ2n) is 5.59. The monoisotopic (exact) mass is 273 g/mol. The highest BCUT2D eigenvalue weighted by Gasteiger charge is 2.26. The van der Waals surface area contributed by atoms with E-state index in [1.807, 2.05) is 6.92 Å². The van der Waals surface area contributed by atoms with Crippen molar-refractivity contribution in [1.82, 2.24) is 4.98 Å². The van der Waals surface area contributed by atoms with Gasteiger partial charge in [-0.05, 0) is 55.4 Å². The zero-order valence-electron chi connectivity index (χ0n) is 11.5. The fraction of sp³-hybridized carbons (Fsp3) is 0.375. The quantitative estimate of drug-likeness (QED) is 0.859. The Morgan fingerprint density at radius 1 is 1.45 bits per heavy atom. The van der Waals surface area contributed by atoms with Crippen molar-refractivity contribution >= 4 is 16.9 Å². The van der Waals surface area contributed by atoms with Gasteiger partial charge in [0.25, 0.3) is 0 Å². The minimum atomic E-state index is -0.993. The highest BCUT2D eigenvalue weighted by atomic mass is 19.1. The van der Waals surface area contributed by atoms with Crippen LogP contribution in [0, 0.1) is 12.7 Å². The lowest BCUT2D eigenvalue weighted by Crippen LogP contribution is -2.16. The largest absolute Gasteiger partial charge is 0.478 e. The highest BCUT2D eigenvalue weighted by molar-refractivity contribution is 6.04. The number of fused-ring (bicyclic) bond motifs is 2. The van der Waals surface area contributed by atoms with E-state index in [0.717, 1.165) is 24.1 Å². The number of hydrogen-bond donors (Lipinski definition) is 1. The van der Waals surface area contributed by atoms with Gasteiger partial charge in [0.2, 0.25) is 0 Å². The summed E-state index contributed by atoms with van der Waals surface area (Å²) in [6.07, 6.45) is 2.63. The molecule has 1 heterocycles. The number of aromatic nitrogens is 1. The van der Waals surface area contributed by atoms with Crippen LogP contribution in [0.2, 0.25) is 0 Å². The fourth-order valence-corrected chi connectivity index (χ4v) is 3.14. The summed E-state index contributed by atoms with van der Waals surface area (Å²) in [5, 5.41) is 9.98. The Balaban J connectivity index is 2.47. The van der Waals surface area contributed by atoms with Crippen LogP contribution in [0.25, 0.3) is 10.9 Å². The van der Waals surface area contributed by atoms with Crippen LogP contribution in [0.15, 0.2) is 12.1 Å². The number of carbonyl (C=O) groups is 1. The van der Waals surface area contributed by atoms with Crippen LogP contribution >= 0.6 is 0 Å². The van der Waals surface area contributed by atoms with Crippen molar-refractivity contribution in [3.63, 3.8) is 0 Å². The predicted molar refractivity (Wildman–Crippen MR) is 74.8 cm³/mol. The summed E-state index contributed by atoms with van der Waals surface area (Å²) in [6.45, 7) is 3.78. The Morgan fingerprint density at radius 3 is 2.90 bits per heavy atom. The summed E-state index contributed by atoms with van der Waals surface area (Å²) in [4.78, 5) is 16.1. The Kier molecular flexibility index (Phi) is 2.96. The van der Waals surface area contributed by atoms with Crippen LogP contribution in [0.3, 0.4) is 0 Å². The molecule has 1 aromatic carbocycles. The van der Waals surface area contributed by atoms with Crippen molar-refractivity contribution in [1.29, 1.82) is 0 Å². The number of hydrogen-bond acceptors (Lipinski definition) is 2. The summed E-state index contributed by atoms with van der Waals surface area (Å²) in [5.41, 5.74) is 2.67. The molecule has 0 aliphatic heterocycles. The molecule has 1 aromatic heterocycles. The number of benzene rings is 1. The first-order valence-corrected chi connectivity index (χ1v) is 6.85. The van der Waals surface area contributed by atoms with Crippen molar-refractivity contribution in [3.8, 4) is 0 Å². The van der Waals surface area contributed by atoms with Gasteiger partial charge in [0.15, 0.2) is 0 Å². The molecule has 3 nitrogen and oxygen atoms in total. The zero-order valence-corrected chi connectivity index (χ0v) is 11.5. The number of halogens is 1. The van der Waals surface area contributed by atoms with Crippen LogP contribution in [-0.4, -0.2) is 16.1 Å². The van der Waals surface area contributed by atoms with Crippen molar-refractivity contribution in [3.05, 3.63) is 40.3 Å². The highest BCUT2D eigenvalue weighted by Crippen LogP contribution is 2.36. The van der Waals surface area contributed by atoms with E-state index in [-0.39, 0.29) is 17.0 Å². The number of pyridine rings is 1. The van der Waals surface area contributed by atoms with Crippen LogP contribution in [0.5, 0.6) is 0 Å². The molecule has 0 saturated heterocycles. The topological polar surface area (TPSA) is 50.2 Å². The summed E-state index contributed by atoms with van der Waals surface area (Å²) in [7, 11) is 0. The van der Waals surface area contributed by atoms with Crippen molar-refractivity contribution in [2.24, 2.45) is 0 Å². The van der Waals surface area contributed by atoms with Gasteiger partial charge >= 0.3 is 5.97 Å². The molecule has 1 atom stereocenters. The van der Waals surface area contributed by atoms with E-state index in [2.05, 4.69) is 4.98 Å². The molecule has 0 spiro atoms. The van der Waals surface area contributed by atoms with E-state index < -0.39 is 11.8 Å². The van der Waals surface area contributed by atoms with Crippen molar-refractivity contribution < 1.29 is 14.3 Å². The van der Waals surface area contributed by atoms with E-state index in [4.69, 9.17) is 0 Å². The molecule has 3 rings (SSSR count). The smallest absolute Gasteiger partial charge is 0.336 e. The van der Waals surface area contributed by atoms with Gasteiger partial charge in [0, 0.05) is 11.1 Å². The average molecular weight is 273 g/mol. The first kappa shape index (κ1) is 13.0. The standard InChI is InChI=1S/C16H16FNO2/c1-8-6-11-13(16(19)20)10-5-3-4-9(2)14(10)18-15(11)12(17)7-8/h6-7,9H,3-5H2,1-2H3,(H,19,20). The number of nitrogens with zero attached hydrogens (tertiary/aromatic N) is 1. The Bertz CT molecular complexity index is 724. The molecule has 2 aromatic rings. The van der Waals surface area contributed by atoms with Gasteiger partial charge in [-0.25, -0.2) is 14.2 Å². The zero-order chi connectivity index (χ0) is 14.4. The number of carboxylic acids is 1. The van der Waals surface area contributed by atoms with Gasteiger partial charge in [-0.1, -0.05) is 6.92 Å². The minimum absolute atomic E-state index is 0.181. The van der Waals surface area contributed by atoms with E-state index >= 15 is 0 Å². The lowest BCUT2D eigenvalue weighted by Gasteiger charge is -2.24. The van der Waals surface area contributed by atoms with Gasteiger partial charge < -0.3 is 5.11 Å². The SMILES string of the molecule is Cc1cc(F)c2nc3c(c(C(=O)O)c2c1)CCCC3C. The number of aromatic carboxylic acids is 1. The molecule has 0 bridgehead atoms. The number of rotatable bonds is 1. The second kappa shape index (κ2) is 4.54. The first-order chi connectivity index (χ1) is 9.49. The summed E-state index contributed by atoms with van der Waals surface area (Å²) < 4.78 is 14.1. The Morgan fingerprint density at radius 2 is 2.20 bits per heavy atom. The third-order valence-electron chi connectivity index (χ3n) is 4.06. The van der Waals surface area contributed by atoms with Gasteiger partial charge in [0.1, 0.15) is 11.3 Å². The third kappa shape index (κ3) is 1.87. The van der Waals surface area contributed by atoms with Crippen LogP contribution in [0.1, 0.15) is 52.9 Å². The third-order valence-corrected chi connectivity index (χ3v) is 4.06. The molecule has 0 amide bonds. The van der Waals surface area contributed by atoms with E-state index in [9.17, 15) is 14.3 Å². The average Bonchev–Trinajstić information content (AvgIpc) is 2.36. The lowest BCUT2D eigenvalue weighted by molar-refractivity contribution is 0.0697. The van der Waals surface area contributed by atoms with E-state index in [1.165, 1.54) is 6.07 Å². The molecule has 0 radical (unpaired) electrons. The molecular formula is C16H16FNO2. The molecule has 4 heteroatoms. The maximum atomic E-state index is 14.1. The molecule has 20 heavy (non-hydrogen) atoms. The first-order valence-electron chi connectivity index (χ1n) is 6.85. The molecule has 0 fully saturated rings. The molecule has 104 valence electrons. The summed E-state index contributed by atoms with van der Waals surface area (Å²) in [5.74, 6) is -1.25. The molecule has 1 aliphatic rings. The van der Waals surface area contributed by atoms with Gasteiger partial charge in [-0.15, -0.1) is 0 Å². The normalized spacial score (nSPS) is 18.1. The molecular weight excluding hydrogens is 257 g/mol. The van der Waals surface area contributed by atoms with Gasteiger partial charge in [-0.3, -0.25) is 0 Å². The maximum absolute atomic E-state index is 14.1. The molecule has 0 saturated carbocycles. The number of aryl methyl sites for hydroxylation is 1. The van der Waals surface area contributed by atoms with Gasteiger partial charge in [0.05, 0.1) is 5.56 Å².